The summed E-state index contributed by atoms with van der Waals surface area (Å²) in [4.78, 5) is 29.6. The number of hydrogen-bond acceptors (Lipinski definition) is 7. The first-order valence-electron chi connectivity index (χ1n) is 11.1. The van der Waals surface area contributed by atoms with Crippen molar-refractivity contribution in [2.45, 2.75) is 108 Å². The van der Waals surface area contributed by atoms with Gasteiger partial charge in [-0.2, -0.15) is 0 Å². The van der Waals surface area contributed by atoms with Crippen molar-refractivity contribution in [3.8, 4) is 0 Å². The minimum atomic E-state index is -4.91. The van der Waals surface area contributed by atoms with Crippen LogP contribution in [-0.4, -0.2) is 73.3 Å². The SMILES string of the molecule is CCCCCCCO[C@@](CCCCCCC)(C(=O)O)C(O)C(O)C(O)COP(=O)(O)O. The molecular formula is C20H41O10P. The largest absolute Gasteiger partial charge is 0.479 e. The van der Waals surface area contributed by atoms with Crippen LogP contribution in [0.3, 0.4) is 0 Å². The van der Waals surface area contributed by atoms with Crippen LogP contribution in [0.15, 0.2) is 0 Å². The number of aliphatic carboxylic acids is 1. The first-order valence-corrected chi connectivity index (χ1v) is 12.7. The smallest absolute Gasteiger partial charge is 0.469 e. The van der Waals surface area contributed by atoms with Gasteiger partial charge in [-0.25, -0.2) is 9.36 Å². The van der Waals surface area contributed by atoms with Crippen LogP contribution in [0.1, 0.15) is 84.5 Å². The maximum absolute atomic E-state index is 12.2. The van der Waals surface area contributed by atoms with Crippen molar-refractivity contribution in [1.82, 2.24) is 0 Å². The standard InChI is InChI=1S/C20H41O10P/c1-3-5-7-9-11-13-20(19(24)25,29-14-12-10-8-6-4-2)18(23)17(22)16(21)15-30-31(26,27)28/h16-18,21-23H,3-15H2,1-2H3,(H,24,25)(H2,26,27,28)/t16?,17?,18?,20-/m1/s1. The highest BCUT2D eigenvalue weighted by atomic mass is 31.2. The third-order valence-corrected chi connectivity index (χ3v) is 5.72. The van der Waals surface area contributed by atoms with E-state index in [0.717, 1.165) is 51.4 Å². The van der Waals surface area contributed by atoms with Gasteiger partial charge in [0.05, 0.1) is 6.61 Å². The molecule has 0 aliphatic rings. The van der Waals surface area contributed by atoms with E-state index in [1.54, 1.807) is 0 Å². The van der Waals surface area contributed by atoms with E-state index in [-0.39, 0.29) is 13.0 Å². The molecule has 10 nitrogen and oxygen atoms in total. The average Bonchev–Trinajstić information content (AvgIpc) is 2.71. The van der Waals surface area contributed by atoms with E-state index in [1.165, 1.54) is 0 Å². The van der Waals surface area contributed by atoms with Crippen molar-refractivity contribution in [2.75, 3.05) is 13.2 Å². The third kappa shape index (κ3) is 12.3. The number of carbonyl (C=O) groups is 1. The lowest BCUT2D eigenvalue weighted by molar-refractivity contribution is -0.207. The lowest BCUT2D eigenvalue weighted by atomic mass is 9.85. The number of ether oxygens (including phenoxy) is 1. The minimum absolute atomic E-state index is 0.0594. The fourth-order valence-corrected chi connectivity index (χ4v) is 3.66. The third-order valence-electron chi connectivity index (χ3n) is 5.23. The Bertz CT molecular complexity index is 526. The first kappa shape index (κ1) is 30.4. The Morgan fingerprint density at radius 2 is 1.42 bits per heavy atom. The van der Waals surface area contributed by atoms with Gasteiger partial charge in [-0.1, -0.05) is 65.2 Å². The summed E-state index contributed by atoms with van der Waals surface area (Å²) in [5, 5.41) is 40.9. The molecule has 3 unspecified atom stereocenters. The Hall–Kier alpha value is -0.580. The second-order valence-electron chi connectivity index (χ2n) is 7.91. The Morgan fingerprint density at radius 3 is 1.90 bits per heavy atom. The molecule has 0 spiro atoms. The number of hydrogen-bond donors (Lipinski definition) is 6. The zero-order chi connectivity index (χ0) is 23.9. The van der Waals surface area contributed by atoms with E-state index in [0.29, 0.717) is 12.8 Å². The number of aliphatic hydroxyl groups is 3. The molecule has 0 saturated carbocycles. The fraction of sp³-hybridized carbons (Fsp3) is 0.950. The summed E-state index contributed by atoms with van der Waals surface area (Å²) in [6.07, 6.45) is 2.45. The van der Waals surface area contributed by atoms with E-state index >= 15 is 0 Å². The molecule has 0 amide bonds. The van der Waals surface area contributed by atoms with Gasteiger partial charge in [0.15, 0.2) is 5.60 Å². The Kier molecular flexibility index (Phi) is 15.8. The van der Waals surface area contributed by atoms with Gasteiger partial charge >= 0.3 is 13.8 Å². The van der Waals surface area contributed by atoms with E-state index in [1.807, 2.05) is 6.92 Å². The molecule has 0 aromatic carbocycles. The number of aliphatic hydroxyl groups excluding tert-OH is 3. The summed E-state index contributed by atoms with van der Waals surface area (Å²) in [5.41, 5.74) is -2.15. The lowest BCUT2D eigenvalue weighted by Crippen LogP contribution is -2.59. The second kappa shape index (κ2) is 16.1. The van der Waals surface area contributed by atoms with E-state index in [9.17, 15) is 29.8 Å². The molecule has 0 aliphatic heterocycles. The monoisotopic (exact) mass is 472 g/mol. The van der Waals surface area contributed by atoms with Crippen LogP contribution in [0, 0.1) is 0 Å². The first-order chi connectivity index (χ1) is 14.5. The van der Waals surface area contributed by atoms with Crippen molar-refractivity contribution in [3.63, 3.8) is 0 Å². The van der Waals surface area contributed by atoms with Crippen molar-refractivity contribution in [2.24, 2.45) is 0 Å². The van der Waals surface area contributed by atoms with Gasteiger partial charge in [0.25, 0.3) is 0 Å². The molecule has 31 heavy (non-hydrogen) atoms. The fourth-order valence-electron chi connectivity index (χ4n) is 3.31. The minimum Gasteiger partial charge on any atom is -0.479 e. The van der Waals surface area contributed by atoms with Crippen molar-refractivity contribution >= 4 is 13.8 Å². The van der Waals surface area contributed by atoms with E-state index in [4.69, 9.17) is 14.5 Å². The Balaban J connectivity index is 5.27. The number of phosphoric ester groups is 1. The molecule has 0 aromatic heterocycles. The van der Waals surface area contributed by atoms with Crippen LogP contribution in [0.5, 0.6) is 0 Å². The van der Waals surface area contributed by atoms with Gasteiger partial charge in [-0.3, -0.25) is 4.52 Å². The summed E-state index contributed by atoms with van der Waals surface area (Å²) in [5.74, 6) is -1.47. The van der Waals surface area contributed by atoms with E-state index in [2.05, 4.69) is 11.4 Å². The van der Waals surface area contributed by atoms with Gasteiger partial charge in [-0.15, -0.1) is 0 Å². The molecule has 186 valence electrons. The topological polar surface area (TPSA) is 174 Å². The molecule has 0 heterocycles. The quantitative estimate of drug-likeness (QED) is 0.114. The highest BCUT2D eigenvalue weighted by Gasteiger charge is 2.51. The number of unbranched alkanes of at least 4 members (excludes halogenated alkanes) is 8. The van der Waals surface area contributed by atoms with Crippen LogP contribution in [0.25, 0.3) is 0 Å². The molecule has 6 N–H and O–H groups in total. The molecule has 0 bridgehead atoms. The maximum atomic E-state index is 12.2. The molecule has 0 radical (unpaired) electrons. The highest BCUT2D eigenvalue weighted by molar-refractivity contribution is 7.46. The summed E-state index contributed by atoms with van der Waals surface area (Å²) in [7, 11) is -4.91. The normalized spacial score (nSPS) is 17.1. The summed E-state index contributed by atoms with van der Waals surface area (Å²) in [6.45, 7) is 3.20. The molecule has 0 saturated heterocycles. The van der Waals surface area contributed by atoms with E-state index < -0.39 is 44.3 Å². The van der Waals surface area contributed by atoms with Crippen LogP contribution >= 0.6 is 7.82 Å². The van der Waals surface area contributed by atoms with Gasteiger partial charge in [0.1, 0.15) is 18.3 Å². The second-order valence-corrected chi connectivity index (χ2v) is 9.15. The number of phosphoric acid groups is 1. The average molecular weight is 473 g/mol. The maximum Gasteiger partial charge on any atom is 0.469 e. The van der Waals surface area contributed by atoms with Crippen LogP contribution in [-0.2, 0) is 18.6 Å². The van der Waals surface area contributed by atoms with Gasteiger partial charge < -0.3 is 34.9 Å². The molecule has 0 fully saturated rings. The summed E-state index contributed by atoms with van der Waals surface area (Å²) < 4.78 is 20.6. The van der Waals surface area contributed by atoms with Crippen molar-refractivity contribution < 1.29 is 48.8 Å². The Labute approximate surface area is 184 Å². The molecule has 0 rings (SSSR count). The molecule has 4 atom stereocenters. The number of rotatable bonds is 20. The highest BCUT2D eigenvalue weighted by Crippen LogP contribution is 2.36. The van der Waals surface area contributed by atoms with Crippen LogP contribution in [0.2, 0.25) is 0 Å². The number of carboxylic acid groups (broad SMARTS) is 1. The molecule has 11 heteroatoms. The van der Waals surface area contributed by atoms with Gasteiger partial charge in [0, 0.05) is 6.61 Å². The molecule has 0 aromatic rings. The lowest BCUT2D eigenvalue weighted by Gasteiger charge is -2.37. The van der Waals surface area contributed by atoms with Gasteiger partial charge in [0.2, 0.25) is 0 Å². The molecule has 0 aliphatic carbocycles. The number of carboxylic acids is 1. The predicted octanol–water partition coefficient (Wildman–Crippen LogP) is 2.35. The summed E-state index contributed by atoms with van der Waals surface area (Å²) >= 11 is 0. The zero-order valence-electron chi connectivity index (χ0n) is 18.7. The summed E-state index contributed by atoms with van der Waals surface area (Å²) in [6, 6.07) is 0. The van der Waals surface area contributed by atoms with Crippen LogP contribution < -0.4 is 0 Å². The van der Waals surface area contributed by atoms with Crippen molar-refractivity contribution in [3.05, 3.63) is 0 Å². The predicted molar refractivity (Wildman–Crippen MR) is 114 cm³/mol. The zero-order valence-corrected chi connectivity index (χ0v) is 19.6. The van der Waals surface area contributed by atoms with Gasteiger partial charge in [-0.05, 0) is 19.3 Å². The van der Waals surface area contributed by atoms with Crippen molar-refractivity contribution in [1.29, 1.82) is 0 Å². The Morgan fingerprint density at radius 1 is 0.903 bits per heavy atom. The van der Waals surface area contributed by atoms with Crippen LogP contribution in [0.4, 0.5) is 0 Å². The molecular weight excluding hydrogens is 431 g/mol.